The molecule has 0 spiro atoms. The van der Waals surface area contributed by atoms with Crippen LogP contribution in [0.1, 0.15) is 0 Å². The zero-order valence-corrected chi connectivity index (χ0v) is 11.6. The zero-order chi connectivity index (χ0) is 14.4. The van der Waals surface area contributed by atoms with Gasteiger partial charge in [-0.25, -0.2) is 0 Å². The van der Waals surface area contributed by atoms with Crippen molar-refractivity contribution in [2.24, 2.45) is 20.7 Å². The van der Waals surface area contributed by atoms with Crippen molar-refractivity contribution < 1.29 is 25.5 Å². The van der Waals surface area contributed by atoms with E-state index in [1.165, 1.54) is 4.90 Å². The van der Waals surface area contributed by atoms with Crippen LogP contribution in [-0.2, 0) is 4.74 Å². The highest BCUT2D eigenvalue weighted by Crippen LogP contribution is 2.26. The average molecular weight is 317 g/mol. The predicted octanol–water partition coefficient (Wildman–Crippen LogP) is -3.63. The number of thiocarbonyl (C=S) groups is 1. The first-order valence-corrected chi connectivity index (χ1v) is 6.35. The van der Waals surface area contributed by atoms with Crippen molar-refractivity contribution in [1.82, 2.24) is 4.90 Å². The maximum absolute atomic E-state index is 10.0. The van der Waals surface area contributed by atoms with Crippen LogP contribution in [0.2, 0.25) is 0 Å². The molecule has 0 aromatic carbocycles. The third-order valence-corrected chi connectivity index (χ3v) is 3.53. The molecule has 0 aromatic heterocycles. The van der Waals surface area contributed by atoms with Crippen molar-refractivity contribution in [3.05, 3.63) is 0 Å². The number of aliphatic hydroxyl groups is 3. The summed E-state index contributed by atoms with van der Waals surface area (Å²) in [5.41, 5.74) is 6.10. The number of amidine groups is 2. The first kappa shape index (κ1) is 15.9. The zero-order valence-electron chi connectivity index (χ0n) is 10.7. The molecular weight excluding hydrogens is 302 g/mol. The van der Waals surface area contributed by atoms with Crippen LogP contribution in [0.4, 0.5) is 0 Å². The van der Waals surface area contributed by atoms with Gasteiger partial charge in [-0.3, -0.25) is 4.99 Å². The van der Waals surface area contributed by atoms with Crippen LogP contribution in [0.3, 0.4) is 0 Å². The van der Waals surface area contributed by atoms with Crippen molar-refractivity contribution in [3.63, 3.8) is 0 Å². The summed E-state index contributed by atoms with van der Waals surface area (Å²) >= 11 is 4.90. The molecule has 0 amide bonds. The summed E-state index contributed by atoms with van der Waals surface area (Å²) in [7, 11) is 0. The maximum Gasteiger partial charge on any atom is 0.223 e. The molecule has 11 heteroatoms. The molecule has 10 nitrogen and oxygen atoms in total. The van der Waals surface area contributed by atoms with Gasteiger partial charge in [0, 0.05) is 0 Å². The fraction of sp³-hybridized carbons (Fsp3) is 0.600. The lowest BCUT2D eigenvalue weighted by Gasteiger charge is -2.28. The molecule has 3 heterocycles. The fourth-order valence-corrected chi connectivity index (χ4v) is 2.53. The largest absolute Gasteiger partial charge is 0.412 e. The summed E-state index contributed by atoms with van der Waals surface area (Å²) in [5.74, 6) is 0.520. The summed E-state index contributed by atoms with van der Waals surface area (Å²) in [5, 5.41) is 29.0. The normalized spacial score (nSPS) is 34.9. The number of ether oxygens (including phenoxy) is 1. The number of aliphatic imine (C=N–C) groups is 3. The minimum absolute atomic E-state index is 0. The molecule has 3 aliphatic rings. The summed E-state index contributed by atoms with van der Waals surface area (Å²) in [6, 6.07) is 0. The van der Waals surface area contributed by atoms with E-state index in [9.17, 15) is 10.2 Å². The molecule has 0 bridgehead atoms. The van der Waals surface area contributed by atoms with E-state index >= 15 is 0 Å². The van der Waals surface area contributed by atoms with E-state index in [1.807, 2.05) is 0 Å². The molecule has 4 atom stereocenters. The van der Waals surface area contributed by atoms with E-state index in [0.29, 0.717) is 11.5 Å². The highest BCUT2D eigenvalue weighted by Gasteiger charge is 2.48. The Hall–Kier alpha value is -1.50. The molecule has 1 fully saturated rings. The second-order valence-corrected chi connectivity index (χ2v) is 4.93. The first-order valence-electron chi connectivity index (χ1n) is 5.94. The van der Waals surface area contributed by atoms with Crippen LogP contribution in [0.25, 0.3) is 0 Å². The topological polar surface area (TPSA) is 168 Å². The second-order valence-electron chi connectivity index (χ2n) is 4.56. The number of aliphatic hydroxyl groups excluding tert-OH is 3. The van der Waals surface area contributed by atoms with Gasteiger partial charge in [0.1, 0.15) is 30.7 Å². The summed E-state index contributed by atoms with van der Waals surface area (Å²) in [6.07, 6.45) is -4.12. The van der Waals surface area contributed by atoms with Gasteiger partial charge in [0.25, 0.3) is 0 Å². The Kier molecular flexibility index (Phi) is 4.32. The highest BCUT2D eigenvalue weighted by atomic mass is 32.1. The van der Waals surface area contributed by atoms with E-state index in [0.717, 1.165) is 0 Å². The first-order chi connectivity index (χ1) is 9.52. The average Bonchev–Trinajstić information content (AvgIpc) is 2.93. The molecule has 0 saturated carbocycles. The Morgan fingerprint density at radius 2 is 2.05 bits per heavy atom. The van der Waals surface area contributed by atoms with Crippen molar-refractivity contribution in [3.8, 4) is 0 Å². The molecule has 0 aliphatic carbocycles. The molecule has 0 radical (unpaired) electrons. The van der Waals surface area contributed by atoms with Crippen molar-refractivity contribution in [2.75, 3.05) is 13.3 Å². The van der Waals surface area contributed by atoms with Gasteiger partial charge in [-0.05, 0) is 12.2 Å². The minimum atomic E-state index is -1.20. The number of fused-ring (bicyclic) bond motifs is 1. The number of nitrogens with zero attached hydrogens (tertiary/aromatic N) is 4. The van der Waals surface area contributed by atoms with Gasteiger partial charge in [-0.2, -0.15) is 9.98 Å². The van der Waals surface area contributed by atoms with Gasteiger partial charge in [0.2, 0.25) is 5.11 Å². The Bertz CT molecular complexity index is 550. The van der Waals surface area contributed by atoms with Gasteiger partial charge in [-0.15, -0.1) is 0 Å². The standard InChI is InChI=1S/C10H13N5O4S.H2O/c11-7-4-8(14-10(20)13-7)15(2-12-4)9-6(18)5(17)3(1-16)19-9;/h3,5-6,9,16-18H,1-2H2,(H2,11,13,20);1H2/t3-,5-,6-,9-;/m1./s1. The predicted molar refractivity (Wildman–Crippen MR) is 77.2 cm³/mol. The van der Waals surface area contributed by atoms with Gasteiger partial charge in [0.05, 0.1) is 6.61 Å². The molecular formula is C10H15N5O5S. The van der Waals surface area contributed by atoms with Crippen LogP contribution in [0, 0.1) is 0 Å². The lowest BCUT2D eigenvalue weighted by molar-refractivity contribution is -0.0688. The molecule has 1 saturated heterocycles. The van der Waals surface area contributed by atoms with Crippen LogP contribution in [0.5, 0.6) is 0 Å². The van der Waals surface area contributed by atoms with E-state index in [2.05, 4.69) is 15.0 Å². The monoisotopic (exact) mass is 317 g/mol. The minimum Gasteiger partial charge on any atom is -0.412 e. The molecule has 0 unspecified atom stereocenters. The summed E-state index contributed by atoms with van der Waals surface area (Å²) < 4.78 is 5.44. The fourth-order valence-electron chi connectivity index (χ4n) is 2.34. The van der Waals surface area contributed by atoms with Gasteiger partial charge < -0.3 is 36.2 Å². The number of rotatable bonds is 2. The van der Waals surface area contributed by atoms with E-state index < -0.39 is 31.1 Å². The second kappa shape index (κ2) is 5.71. The van der Waals surface area contributed by atoms with Crippen LogP contribution < -0.4 is 5.73 Å². The Morgan fingerprint density at radius 3 is 2.67 bits per heavy atom. The maximum atomic E-state index is 10.0. The van der Waals surface area contributed by atoms with Crippen LogP contribution in [-0.4, -0.2) is 86.0 Å². The third-order valence-electron chi connectivity index (χ3n) is 3.35. The van der Waals surface area contributed by atoms with Gasteiger partial charge in [0.15, 0.2) is 17.9 Å². The Labute approximate surface area is 124 Å². The molecule has 21 heavy (non-hydrogen) atoms. The Balaban J connectivity index is 0.00000161. The Morgan fingerprint density at radius 1 is 1.33 bits per heavy atom. The van der Waals surface area contributed by atoms with E-state index in [1.54, 1.807) is 0 Å². The number of hydrogen-bond acceptors (Lipinski definition) is 8. The molecule has 3 aliphatic heterocycles. The lowest BCUT2D eigenvalue weighted by Crippen LogP contribution is -2.49. The van der Waals surface area contributed by atoms with Gasteiger partial charge >= 0.3 is 0 Å². The highest BCUT2D eigenvalue weighted by molar-refractivity contribution is 7.80. The summed E-state index contributed by atoms with van der Waals surface area (Å²) in [6.45, 7) is -0.246. The van der Waals surface area contributed by atoms with Crippen molar-refractivity contribution >= 4 is 34.7 Å². The van der Waals surface area contributed by atoms with Crippen LogP contribution >= 0.6 is 12.2 Å². The molecule has 7 N–H and O–H groups in total. The third kappa shape index (κ3) is 2.43. The van der Waals surface area contributed by atoms with E-state index in [-0.39, 0.29) is 23.1 Å². The van der Waals surface area contributed by atoms with Crippen molar-refractivity contribution in [1.29, 1.82) is 0 Å². The molecule has 116 valence electrons. The van der Waals surface area contributed by atoms with Crippen LogP contribution in [0.15, 0.2) is 15.0 Å². The number of hydrogen-bond donors (Lipinski definition) is 4. The molecule has 0 aromatic rings. The van der Waals surface area contributed by atoms with Crippen molar-refractivity contribution in [2.45, 2.75) is 24.5 Å². The lowest BCUT2D eigenvalue weighted by atomic mass is 10.1. The number of nitrogens with two attached hydrogens (primary N) is 1. The smallest absolute Gasteiger partial charge is 0.223 e. The molecule has 3 rings (SSSR count). The summed E-state index contributed by atoms with van der Waals surface area (Å²) in [4.78, 5) is 13.6. The quantitative estimate of drug-likeness (QED) is 0.381. The van der Waals surface area contributed by atoms with Gasteiger partial charge in [-0.1, -0.05) is 0 Å². The SMILES string of the molecule is NC1=NC(=S)N=C2C1=NCN2[C@@H]1O[C@H](CO)[C@@H](O)[C@H]1O.O. The van der Waals surface area contributed by atoms with E-state index in [4.69, 9.17) is 27.8 Å².